The normalized spacial score (nSPS) is 11.0. The van der Waals surface area contributed by atoms with Crippen molar-refractivity contribution in [1.82, 2.24) is 20.3 Å². The van der Waals surface area contributed by atoms with E-state index in [1.54, 1.807) is 10.9 Å². The molecular formula is C23H22N4O5. The number of aromatic nitrogens is 3. The largest absolute Gasteiger partial charge is 0.507 e. The summed E-state index contributed by atoms with van der Waals surface area (Å²) in [5.41, 5.74) is 1.89. The van der Waals surface area contributed by atoms with Gasteiger partial charge in [-0.05, 0) is 12.5 Å². The number of phenols is 1. The smallest absolute Gasteiger partial charge is 0.339 e. The molecule has 9 heteroatoms. The standard InChI is InChI=1S/C23H22N4O5/c1-2-9-24-20(29)8-10-27-13-17(25-26-27)21-16-11-15(23(30)31)18(28)12-19(16)32-22(21)14-6-4-3-5-7-14/h3-7,11-13,28H,2,8-10H2,1H3,(H,24,29)(H,30,31). The minimum atomic E-state index is -1.25. The Morgan fingerprint density at radius 2 is 1.97 bits per heavy atom. The number of carbonyl (C=O) groups excluding carboxylic acids is 1. The molecule has 0 saturated heterocycles. The number of amides is 1. The van der Waals surface area contributed by atoms with E-state index in [-0.39, 0.29) is 23.6 Å². The van der Waals surface area contributed by atoms with E-state index in [4.69, 9.17) is 4.42 Å². The van der Waals surface area contributed by atoms with Crippen molar-refractivity contribution in [2.75, 3.05) is 6.54 Å². The minimum Gasteiger partial charge on any atom is -0.507 e. The summed E-state index contributed by atoms with van der Waals surface area (Å²) < 4.78 is 7.58. The fraction of sp³-hybridized carbons (Fsp3) is 0.217. The minimum absolute atomic E-state index is 0.0655. The second kappa shape index (κ2) is 8.93. The molecule has 9 nitrogen and oxygen atoms in total. The zero-order valence-electron chi connectivity index (χ0n) is 17.4. The summed E-state index contributed by atoms with van der Waals surface area (Å²) in [6.45, 7) is 2.96. The van der Waals surface area contributed by atoms with Crippen LogP contribution in [0.25, 0.3) is 33.6 Å². The number of benzene rings is 2. The van der Waals surface area contributed by atoms with E-state index < -0.39 is 5.97 Å². The first-order valence-electron chi connectivity index (χ1n) is 10.2. The van der Waals surface area contributed by atoms with Crippen molar-refractivity contribution in [2.45, 2.75) is 26.3 Å². The van der Waals surface area contributed by atoms with Crippen molar-refractivity contribution in [1.29, 1.82) is 0 Å². The predicted octanol–water partition coefficient (Wildman–Crippen LogP) is 3.68. The van der Waals surface area contributed by atoms with Crippen LogP contribution in [0.4, 0.5) is 0 Å². The van der Waals surface area contributed by atoms with Crippen LogP contribution in [-0.4, -0.2) is 43.6 Å². The van der Waals surface area contributed by atoms with Crippen molar-refractivity contribution in [2.24, 2.45) is 0 Å². The first-order chi connectivity index (χ1) is 15.5. The molecule has 0 spiro atoms. The molecule has 164 valence electrons. The molecule has 0 atom stereocenters. The average molecular weight is 434 g/mol. The number of hydrogen-bond donors (Lipinski definition) is 3. The van der Waals surface area contributed by atoms with Gasteiger partial charge in [0.2, 0.25) is 5.91 Å². The number of aromatic carboxylic acids is 1. The van der Waals surface area contributed by atoms with Crippen LogP contribution in [0.2, 0.25) is 0 Å². The molecule has 0 aliphatic rings. The molecule has 0 aliphatic carbocycles. The first-order valence-corrected chi connectivity index (χ1v) is 10.2. The number of carboxylic acids is 1. The number of carboxylic acid groups (broad SMARTS) is 1. The van der Waals surface area contributed by atoms with E-state index in [1.807, 2.05) is 37.3 Å². The van der Waals surface area contributed by atoms with Gasteiger partial charge in [0, 0.05) is 30.0 Å². The third kappa shape index (κ3) is 4.18. The molecule has 0 unspecified atom stereocenters. The highest BCUT2D eigenvalue weighted by Crippen LogP contribution is 2.42. The quantitative estimate of drug-likeness (QED) is 0.386. The second-order valence-corrected chi connectivity index (χ2v) is 7.31. The zero-order chi connectivity index (χ0) is 22.7. The van der Waals surface area contributed by atoms with Gasteiger partial charge in [0.25, 0.3) is 0 Å². The number of rotatable bonds is 8. The van der Waals surface area contributed by atoms with Crippen LogP contribution in [0.3, 0.4) is 0 Å². The van der Waals surface area contributed by atoms with Gasteiger partial charge in [-0.3, -0.25) is 9.48 Å². The Hall–Kier alpha value is -4.14. The van der Waals surface area contributed by atoms with Crippen LogP contribution < -0.4 is 5.32 Å². The van der Waals surface area contributed by atoms with Gasteiger partial charge in [0.1, 0.15) is 28.4 Å². The second-order valence-electron chi connectivity index (χ2n) is 7.31. The van der Waals surface area contributed by atoms with Gasteiger partial charge >= 0.3 is 5.97 Å². The van der Waals surface area contributed by atoms with Gasteiger partial charge in [-0.2, -0.15) is 0 Å². The maximum absolute atomic E-state index is 11.9. The lowest BCUT2D eigenvalue weighted by atomic mass is 10.0. The number of nitrogens with one attached hydrogen (secondary N) is 1. The fourth-order valence-corrected chi connectivity index (χ4v) is 3.44. The monoisotopic (exact) mass is 434 g/mol. The molecule has 2 heterocycles. The van der Waals surface area contributed by atoms with E-state index in [0.717, 1.165) is 12.0 Å². The topological polar surface area (TPSA) is 130 Å². The van der Waals surface area contributed by atoms with Crippen LogP contribution in [0.1, 0.15) is 30.1 Å². The Morgan fingerprint density at radius 3 is 2.69 bits per heavy atom. The first kappa shape index (κ1) is 21.1. The van der Waals surface area contributed by atoms with Gasteiger partial charge in [0.15, 0.2) is 0 Å². The third-order valence-electron chi connectivity index (χ3n) is 5.01. The van der Waals surface area contributed by atoms with Gasteiger partial charge in [-0.1, -0.05) is 42.5 Å². The van der Waals surface area contributed by atoms with Gasteiger partial charge < -0.3 is 19.9 Å². The molecule has 4 rings (SSSR count). The highest BCUT2D eigenvalue weighted by molar-refractivity contribution is 6.05. The van der Waals surface area contributed by atoms with Crippen LogP contribution in [-0.2, 0) is 11.3 Å². The molecule has 3 N–H and O–H groups in total. The van der Waals surface area contributed by atoms with Crippen LogP contribution in [0, 0.1) is 0 Å². The molecule has 1 amide bonds. The summed E-state index contributed by atoms with van der Waals surface area (Å²) in [5.74, 6) is -1.22. The summed E-state index contributed by atoms with van der Waals surface area (Å²) in [6.07, 6.45) is 2.82. The highest BCUT2D eigenvalue weighted by atomic mass is 16.4. The Morgan fingerprint density at radius 1 is 1.19 bits per heavy atom. The molecule has 32 heavy (non-hydrogen) atoms. The molecule has 0 fully saturated rings. The summed E-state index contributed by atoms with van der Waals surface area (Å²) in [4.78, 5) is 23.4. The SMILES string of the molecule is CCCNC(=O)CCn1cc(-c2c(-c3ccccc3)oc3cc(O)c(C(=O)O)cc23)nn1. The number of carbonyl (C=O) groups is 2. The molecule has 0 aliphatic heterocycles. The molecule has 0 bridgehead atoms. The molecule has 0 saturated carbocycles. The molecule has 4 aromatic rings. The summed E-state index contributed by atoms with van der Waals surface area (Å²) in [5, 5.41) is 31.2. The number of nitrogens with zero attached hydrogens (tertiary/aromatic N) is 3. The van der Waals surface area contributed by atoms with E-state index in [2.05, 4.69) is 15.6 Å². The Kier molecular flexibility index (Phi) is 5.89. The summed E-state index contributed by atoms with van der Waals surface area (Å²) in [6, 6.07) is 12.0. The lowest BCUT2D eigenvalue weighted by molar-refractivity contribution is -0.121. The molecular weight excluding hydrogens is 412 g/mol. The van der Waals surface area contributed by atoms with Crippen LogP contribution >= 0.6 is 0 Å². The van der Waals surface area contributed by atoms with E-state index in [0.29, 0.717) is 41.1 Å². The van der Waals surface area contributed by atoms with Crippen molar-refractivity contribution < 1.29 is 24.2 Å². The predicted molar refractivity (Wildman–Crippen MR) is 117 cm³/mol. The van der Waals surface area contributed by atoms with E-state index in [1.165, 1.54) is 12.1 Å². The van der Waals surface area contributed by atoms with Crippen molar-refractivity contribution in [3.8, 4) is 28.3 Å². The Labute approximate surface area is 183 Å². The Balaban J connectivity index is 1.77. The highest BCUT2D eigenvalue weighted by Gasteiger charge is 2.23. The molecule has 2 aromatic heterocycles. The van der Waals surface area contributed by atoms with Gasteiger partial charge in [-0.15, -0.1) is 5.10 Å². The van der Waals surface area contributed by atoms with Crippen molar-refractivity contribution in [3.63, 3.8) is 0 Å². The van der Waals surface area contributed by atoms with E-state index >= 15 is 0 Å². The fourth-order valence-electron chi connectivity index (χ4n) is 3.44. The third-order valence-corrected chi connectivity index (χ3v) is 5.01. The van der Waals surface area contributed by atoms with E-state index in [9.17, 15) is 19.8 Å². The lowest BCUT2D eigenvalue weighted by Crippen LogP contribution is -2.25. The summed E-state index contributed by atoms with van der Waals surface area (Å²) in [7, 11) is 0. The molecule has 0 radical (unpaired) electrons. The van der Waals surface area contributed by atoms with Crippen LogP contribution in [0.15, 0.2) is 53.1 Å². The van der Waals surface area contributed by atoms with Crippen LogP contribution in [0.5, 0.6) is 5.75 Å². The number of aryl methyl sites for hydroxylation is 1. The average Bonchev–Trinajstić information content (AvgIpc) is 3.40. The summed E-state index contributed by atoms with van der Waals surface area (Å²) >= 11 is 0. The zero-order valence-corrected chi connectivity index (χ0v) is 17.4. The van der Waals surface area contributed by atoms with Gasteiger partial charge in [-0.25, -0.2) is 4.79 Å². The molecule has 2 aromatic carbocycles. The maximum Gasteiger partial charge on any atom is 0.339 e. The van der Waals surface area contributed by atoms with Gasteiger partial charge in [0.05, 0.1) is 18.3 Å². The number of hydrogen-bond acceptors (Lipinski definition) is 6. The maximum atomic E-state index is 11.9. The van der Waals surface area contributed by atoms with Crippen molar-refractivity contribution in [3.05, 3.63) is 54.2 Å². The number of fused-ring (bicyclic) bond motifs is 1. The Bertz CT molecular complexity index is 1280. The van der Waals surface area contributed by atoms with Crippen molar-refractivity contribution >= 4 is 22.8 Å². The number of aromatic hydroxyl groups is 1. The lowest BCUT2D eigenvalue weighted by Gasteiger charge is -2.03. The number of furan rings is 1.